The molecule has 2 nitrogen and oxygen atoms in total. The van der Waals surface area contributed by atoms with Crippen LogP contribution in [0, 0.1) is 11.7 Å². The molecule has 1 fully saturated rings. The van der Waals surface area contributed by atoms with Crippen LogP contribution in [0.1, 0.15) is 32.1 Å². The molecule has 0 amide bonds. The van der Waals surface area contributed by atoms with Crippen LogP contribution in [0.2, 0.25) is 0 Å². The largest absolute Gasteiger partial charge is 0.489 e. The first-order valence-corrected chi connectivity index (χ1v) is 7.83. The van der Waals surface area contributed by atoms with Crippen molar-refractivity contribution in [2.45, 2.75) is 32.1 Å². The fourth-order valence-electron chi connectivity index (χ4n) is 2.52. The lowest BCUT2D eigenvalue weighted by molar-refractivity contribution is 0.284. The first-order valence-electron chi connectivity index (χ1n) is 7.04. The van der Waals surface area contributed by atoms with Gasteiger partial charge >= 0.3 is 0 Å². The normalized spacial score (nSPS) is 16.5. The van der Waals surface area contributed by atoms with Crippen LogP contribution in [0.25, 0.3) is 0 Å². The quantitative estimate of drug-likeness (QED) is 0.792. The third-order valence-electron chi connectivity index (χ3n) is 3.59. The lowest BCUT2D eigenvalue weighted by Gasteiger charge is -2.21. The van der Waals surface area contributed by atoms with E-state index < -0.39 is 0 Å². The second-order valence-electron chi connectivity index (χ2n) is 5.13. The minimum absolute atomic E-state index is 0.318. The highest BCUT2D eigenvalue weighted by Gasteiger charge is 2.12. The molecule has 1 aromatic rings. The van der Waals surface area contributed by atoms with Crippen LogP contribution >= 0.6 is 15.9 Å². The second-order valence-corrected chi connectivity index (χ2v) is 6.05. The van der Waals surface area contributed by atoms with E-state index in [-0.39, 0.29) is 5.82 Å². The summed E-state index contributed by atoms with van der Waals surface area (Å²) in [6, 6.07) is 4.86. The van der Waals surface area contributed by atoms with E-state index in [1.54, 1.807) is 12.1 Å². The summed E-state index contributed by atoms with van der Waals surface area (Å²) in [4.78, 5) is 0. The third kappa shape index (κ3) is 5.11. The van der Waals surface area contributed by atoms with Gasteiger partial charge < -0.3 is 10.1 Å². The second kappa shape index (κ2) is 7.85. The molecule has 1 N–H and O–H groups in total. The Morgan fingerprint density at radius 1 is 1.26 bits per heavy atom. The van der Waals surface area contributed by atoms with Gasteiger partial charge in [0.15, 0.2) is 11.6 Å². The van der Waals surface area contributed by atoms with Gasteiger partial charge in [-0.25, -0.2) is 4.39 Å². The van der Waals surface area contributed by atoms with Gasteiger partial charge in [0.25, 0.3) is 0 Å². The molecule has 0 atom stereocenters. The summed E-state index contributed by atoms with van der Waals surface area (Å²) in [6.07, 6.45) is 6.81. The van der Waals surface area contributed by atoms with E-state index >= 15 is 0 Å². The molecule has 0 heterocycles. The first-order chi connectivity index (χ1) is 9.25. The van der Waals surface area contributed by atoms with Crippen LogP contribution in [-0.4, -0.2) is 19.7 Å². The number of benzene rings is 1. The summed E-state index contributed by atoms with van der Waals surface area (Å²) >= 11 is 3.23. The van der Waals surface area contributed by atoms with Gasteiger partial charge in [0.05, 0.1) is 0 Å². The van der Waals surface area contributed by atoms with Crippen LogP contribution in [0.4, 0.5) is 4.39 Å². The Kier molecular flexibility index (Phi) is 6.11. The number of nitrogens with one attached hydrogen (secondary N) is 1. The van der Waals surface area contributed by atoms with E-state index in [2.05, 4.69) is 21.2 Å². The van der Waals surface area contributed by atoms with Crippen molar-refractivity contribution >= 4 is 15.9 Å². The molecule has 19 heavy (non-hydrogen) atoms. The molecule has 1 aromatic carbocycles. The van der Waals surface area contributed by atoms with Gasteiger partial charge in [0.1, 0.15) is 6.61 Å². The van der Waals surface area contributed by atoms with E-state index in [9.17, 15) is 4.39 Å². The molecular weight excluding hydrogens is 309 g/mol. The zero-order valence-corrected chi connectivity index (χ0v) is 12.7. The van der Waals surface area contributed by atoms with Gasteiger partial charge in [-0.3, -0.25) is 0 Å². The van der Waals surface area contributed by atoms with Crippen molar-refractivity contribution in [1.29, 1.82) is 0 Å². The molecule has 2 rings (SSSR count). The fourth-order valence-corrected chi connectivity index (χ4v) is 2.86. The van der Waals surface area contributed by atoms with Crippen molar-refractivity contribution in [2.75, 3.05) is 19.7 Å². The molecule has 1 aliphatic carbocycles. The van der Waals surface area contributed by atoms with Gasteiger partial charge in [-0.05, 0) is 43.5 Å². The van der Waals surface area contributed by atoms with E-state index in [0.29, 0.717) is 12.4 Å². The lowest BCUT2D eigenvalue weighted by atomic mass is 9.89. The van der Waals surface area contributed by atoms with Gasteiger partial charge in [0.2, 0.25) is 0 Å². The Morgan fingerprint density at radius 2 is 2.05 bits per heavy atom. The maximum atomic E-state index is 13.5. The average molecular weight is 330 g/mol. The van der Waals surface area contributed by atoms with Crippen molar-refractivity contribution < 1.29 is 9.13 Å². The maximum Gasteiger partial charge on any atom is 0.166 e. The predicted molar refractivity (Wildman–Crippen MR) is 79.0 cm³/mol. The zero-order chi connectivity index (χ0) is 13.5. The lowest BCUT2D eigenvalue weighted by Crippen LogP contribution is -2.28. The third-order valence-corrected chi connectivity index (χ3v) is 4.08. The number of halogens is 2. The Labute approximate surface area is 122 Å². The Morgan fingerprint density at radius 3 is 2.79 bits per heavy atom. The highest BCUT2D eigenvalue weighted by Crippen LogP contribution is 2.23. The Balaban J connectivity index is 1.61. The van der Waals surface area contributed by atoms with Gasteiger partial charge in [0, 0.05) is 11.0 Å². The summed E-state index contributed by atoms with van der Waals surface area (Å²) in [7, 11) is 0. The average Bonchev–Trinajstić information content (AvgIpc) is 2.42. The van der Waals surface area contributed by atoms with Crippen LogP contribution in [-0.2, 0) is 0 Å². The smallest absolute Gasteiger partial charge is 0.166 e. The van der Waals surface area contributed by atoms with E-state index in [0.717, 1.165) is 23.5 Å². The fraction of sp³-hybridized carbons (Fsp3) is 0.600. The van der Waals surface area contributed by atoms with E-state index in [1.165, 1.54) is 38.2 Å². The van der Waals surface area contributed by atoms with Crippen molar-refractivity contribution in [3.8, 4) is 5.75 Å². The number of rotatable bonds is 6. The van der Waals surface area contributed by atoms with Crippen molar-refractivity contribution in [2.24, 2.45) is 5.92 Å². The maximum absolute atomic E-state index is 13.5. The zero-order valence-electron chi connectivity index (χ0n) is 11.1. The van der Waals surface area contributed by atoms with Crippen LogP contribution < -0.4 is 10.1 Å². The molecule has 0 bridgehead atoms. The number of ether oxygens (including phenoxy) is 1. The van der Waals surface area contributed by atoms with Crippen molar-refractivity contribution in [1.82, 2.24) is 5.32 Å². The summed E-state index contributed by atoms with van der Waals surface area (Å²) in [5.41, 5.74) is 0. The minimum atomic E-state index is -0.318. The Hall–Kier alpha value is -0.610. The van der Waals surface area contributed by atoms with Crippen LogP contribution in [0.3, 0.4) is 0 Å². The van der Waals surface area contributed by atoms with Crippen molar-refractivity contribution in [3.05, 3.63) is 28.5 Å². The number of hydrogen-bond donors (Lipinski definition) is 1. The van der Waals surface area contributed by atoms with Crippen LogP contribution in [0.15, 0.2) is 22.7 Å². The van der Waals surface area contributed by atoms with E-state index in [4.69, 9.17) is 4.74 Å². The molecular formula is C15H21BrFNO. The molecule has 0 aromatic heterocycles. The monoisotopic (exact) mass is 329 g/mol. The minimum Gasteiger partial charge on any atom is -0.489 e. The molecule has 4 heteroatoms. The SMILES string of the molecule is Fc1cc(Br)ccc1OCCNCC1CCCCC1. The van der Waals surface area contributed by atoms with Gasteiger partial charge in [-0.2, -0.15) is 0 Å². The topological polar surface area (TPSA) is 21.3 Å². The molecule has 106 valence electrons. The van der Waals surface area contributed by atoms with Crippen LogP contribution in [0.5, 0.6) is 5.75 Å². The standard InChI is InChI=1S/C15H21BrFNO/c16-13-6-7-15(14(17)10-13)19-9-8-18-11-12-4-2-1-3-5-12/h6-7,10,12,18H,1-5,8-9,11H2. The summed E-state index contributed by atoms with van der Waals surface area (Å²) in [5.74, 6) is 0.822. The van der Waals surface area contributed by atoms with Gasteiger partial charge in [-0.15, -0.1) is 0 Å². The molecule has 0 aliphatic heterocycles. The Bertz CT molecular complexity index is 394. The van der Waals surface area contributed by atoms with Gasteiger partial charge in [-0.1, -0.05) is 35.2 Å². The molecule has 0 radical (unpaired) electrons. The molecule has 1 aliphatic rings. The van der Waals surface area contributed by atoms with E-state index in [1.807, 2.05) is 0 Å². The first kappa shape index (κ1) is 14.8. The molecule has 0 unspecified atom stereocenters. The molecule has 0 spiro atoms. The van der Waals surface area contributed by atoms with Crippen molar-refractivity contribution in [3.63, 3.8) is 0 Å². The molecule has 0 saturated heterocycles. The molecule has 1 saturated carbocycles. The summed E-state index contributed by atoms with van der Waals surface area (Å²) < 4.78 is 19.6. The highest BCUT2D eigenvalue weighted by molar-refractivity contribution is 9.10. The highest BCUT2D eigenvalue weighted by atomic mass is 79.9. The summed E-state index contributed by atoms with van der Waals surface area (Å²) in [5, 5.41) is 3.40. The predicted octanol–water partition coefficient (Wildman–Crippen LogP) is 4.14. The summed E-state index contributed by atoms with van der Waals surface area (Å²) in [6.45, 7) is 2.34. The number of hydrogen-bond acceptors (Lipinski definition) is 2.